The lowest BCUT2D eigenvalue weighted by Crippen LogP contribution is -2.13. The van der Waals surface area contributed by atoms with E-state index in [0.29, 0.717) is 0 Å². The van der Waals surface area contributed by atoms with E-state index in [1.807, 2.05) is 7.05 Å². The molecule has 2 nitrogen and oxygen atoms in total. The van der Waals surface area contributed by atoms with Gasteiger partial charge in [0.25, 0.3) is 0 Å². The number of aryl methyl sites for hydroxylation is 1. The van der Waals surface area contributed by atoms with E-state index in [4.69, 9.17) is 4.98 Å². The van der Waals surface area contributed by atoms with Crippen LogP contribution in [0.2, 0.25) is 0 Å². The van der Waals surface area contributed by atoms with Crippen LogP contribution in [0, 0.1) is 0 Å². The molecular formula is C18H24N2. The molecule has 0 radical (unpaired) electrons. The van der Waals surface area contributed by atoms with Crippen molar-refractivity contribution in [2.45, 2.75) is 51.9 Å². The Kier molecular flexibility index (Phi) is 3.19. The lowest BCUT2D eigenvalue weighted by molar-refractivity contribution is 0.591. The van der Waals surface area contributed by atoms with Crippen molar-refractivity contribution in [2.75, 3.05) is 12.4 Å². The predicted molar refractivity (Wildman–Crippen MR) is 86.6 cm³/mol. The second kappa shape index (κ2) is 4.76. The zero-order valence-corrected chi connectivity index (χ0v) is 13.0. The van der Waals surface area contributed by atoms with Crippen molar-refractivity contribution in [3.63, 3.8) is 0 Å². The van der Waals surface area contributed by atoms with Crippen molar-refractivity contribution in [2.24, 2.45) is 0 Å². The van der Waals surface area contributed by atoms with Crippen molar-refractivity contribution >= 4 is 16.6 Å². The number of nitrogens with one attached hydrogen (secondary N) is 1. The number of hydrogen-bond acceptors (Lipinski definition) is 2. The predicted octanol–water partition coefficient (Wildman–Crippen LogP) is 4.45. The molecule has 0 saturated carbocycles. The van der Waals surface area contributed by atoms with Gasteiger partial charge in [-0.15, -0.1) is 0 Å². The van der Waals surface area contributed by atoms with Crippen molar-refractivity contribution < 1.29 is 0 Å². The third kappa shape index (κ3) is 2.17. The van der Waals surface area contributed by atoms with E-state index in [1.54, 1.807) is 0 Å². The standard InChI is InChI=1S/C18H24N2/c1-18(2,3)12-9-10-16-14(11-12)17(19-4)13-7-5-6-8-15(13)20-16/h9-11H,5-8H2,1-4H3,(H,19,20). The number of fused-ring (bicyclic) bond motifs is 2. The van der Waals surface area contributed by atoms with E-state index in [-0.39, 0.29) is 5.41 Å². The van der Waals surface area contributed by atoms with Gasteiger partial charge < -0.3 is 5.32 Å². The molecule has 20 heavy (non-hydrogen) atoms. The maximum absolute atomic E-state index is 4.91. The number of anilines is 1. The van der Waals surface area contributed by atoms with Crippen LogP contribution in [0.3, 0.4) is 0 Å². The highest BCUT2D eigenvalue weighted by molar-refractivity contribution is 5.94. The Morgan fingerprint density at radius 3 is 2.55 bits per heavy atom. The van der Waals surface area contributed by atoms with Crippen molar-refractivity contribution in [3.05, 3.63) is 35.0 Å². The van der Waals surface area contributed by atoms with Crippen LogP contribution < -0.4 is 5.32 Å². The third-order valence-electron chi connectivity index (χ3n) is 4.38. The van der Waals surface area contributed by atoms with Gasteiger partial charge in [0.05, 0.1) is 5.52 Å². The zero-order chi connectivity index (χ0) is 14.3. The van der Waals surface area contributed by atoms with Gasteiger partial charge in [0.2, 0.25) is 0 Å². The minimum atomic E-state index is 0.176. The summed E-state index contributed by atoms with van der Waals surface area (Å²) in [6.07, 6.45) is 4.84. The van der Waals surface area contributed by atoms with Gasteiger partial charge in [-0.2, -0.15) is 0 Å². The summed E-state index contributed by atoms with van der Waals surface area (Å²) in [4.78, 5) is 4.91. The summed E-state index contributed by atoms with van der Waals surface area (Å²) in [6, 6.07) is 6.73. The maximum atomic E-state index is 4.91. The first-order valence-corrected chi connectivity index (χ1v) is 7.64. The fourth-order valence-corrected chi connectivity index (χ4v) is 3.18. The second-order valence-electron chi connectivity index (χ2n) is 6.85. The Labute approximate surface area is 121 Å². The van der Waals surface area contributed by atoms with Gasteiger partial charge in [-0.05, 0) is 54.4 Å². The maximum Gasteiger partial charge on any atom is 0.0726 e. The molecule has 3 rings (SSSR count). The van der Waals surface area contributed by atoms with Crippen LogP contribution in [0.25, 0.3) is 10.9 Å². The summed E-state index contributed by atoms with van der Waals surface area (Å²) in [5.74, 6) is 0. The topological polar surface area (TPSA) is 24.9 Å². The molecule has 2 aromatic rings. The molecule has 1 aromatic carbocycles. The molecule has 0 spiro atoms. The molecule has 1 aliphatic carbocycles. The van der Waals surface area contributed by atoms with E-state index >= 15 is 0 Å². The minimum absolute atomic E-state index is 0.176. The quantitative estimate of drug-likeness (QED) is 0.826. The Bertz CT molecular complexity index is 650. The molecule has 0 amide bonds. The molecule has 106 valence electrons. The van der Waals surface area contributed by atoms with Crippen LogP contribution >= 0.6 is 0 Å². The van der Waals surface area contributed by atoms with Gasteiger partial charge in [-0.1, -0.05) is 26.8 Å². The molecule has 2 heteroatoms. The highest BCUT2D eigenvalue weighted by atomic mass is 14.9. The number of benzene rings is 1. The average molecular weight is 268 g/mol. The summed E-state index contributed by atoms with van der Waals surface area (Å²) in [5, 5.41) is 4.72. The molecule has 1 N–H and O–H groups in total. The van der Waals surface area contributed by atoms with Crippen LogP contribution in [0.15, 0.2) is 18.2 Å². The van der Waals surface area contributed by atoms with E-state index < -0.39 is 0 Å². The molecule has 0 saturated heterocycles. The van der Waals surface area contributed by atoms with Crippen LogP contribution in [-0.4, -0.2) is 12.0 Å². The number of pyridine rings is 1. The molecule has 1 aromatic heterocycles. The fraction of sp³-hybridized carbons (Fsp3) is 0.500. The zero-order valence-electron chi connectivity index (χ0n) is 13.0. The smallest absolute Gasteiger partial charge is 0.0726 e. The van der Waals surface area contributed by atoms with Crippen LogP contribution in [0.5, 0.6) is 0 Å². The Morgan fingerprint density at radius 1 is 1.10 bits per heavy atom. The molecule has 1 aliphatic rings. The Hall–Kier alpha value is -1.57. The summed E-state index contributed by atoms with van der Waals surface area (Å²) < 4.78 is 0. The first-order chi connectivity index (χ1) is 9.50. The first kappa shape index (κ1) is 13.4. The monoisotopic (exact) mass is 268 g/mol. The van der Waals surface area contributed by atoms with Crippen molar-refractivity contribution in [1.29, 1.82) is 0 Å². The largest absolute Gasteiger partial charge is 0.387 e. The minimum Gasteiger partial charge on any atom is -0.387 e. The second-order valence-corrected chi connectivity index (χ2v) is 6.85. The fourth-order valence-electron chi connectivity index (χ4n) is 3.18. The molecular weight excluding hydrogens is 244 g/mol. The molecule has 0 atom stereocenters. The van der Waals surface area contributed by atoms with E-state index in [9.17, 15) is 0 Å². The summed E-state index contributed by atoms with van der Waals surface area (Å²) in [5.41, 5.74) is 6.72. The van der Waals surface area contributed by atoms with Crippen LogP contribution in [0.1, 0.15) is 50.4 Å². The van der Waals surface area contributed by atoms with Gasteiger partial charge in [0, 0.05) is 23.8 Å². The number of rotatable bonds is 1. The van der Waals surface area contributed by atoms with Crippen molar-refractivity contribution in [3.8, 4) is 0 Å². The highest BCUT2D eigenvalue weighted by Gasteiger charge is 2.20. The highest BCUT2D eigenvalue weighted by Crippen LogP contribution is 2.35. The number of hydrogen-bond donors (Lipinski definition) is 1. The van der Waals surface area contributed by atoms with Gasteiger partial charge in [0.1, 0.15) is 0 Å². The van der Waals surface area contributed by atoms with E-state index in [0.717, 1.165) is 18.4 Å². The summed E-state index contributed by atoms with van der Waals surface area (Å²) in [7, 11) is 2.04. The molecule has 0 aliphatic heterocycles. The number of aromatic nitrogens is 1. The SMILES string of the molecule is CNc1c2c(nc3ccc(C(C)(C)C)cc13)CCCC2. The molecule has 0 bridgehead atoms. The van der Waals surface area contributed by atoms with Gasteiger partial charge in [-0.25, -0.2) is 0 Å². The van der Waals surface area contributed by atoms with E-state index in [2.05, 4.69) is 44.3 Å². The van der Waals surface area contributed by atoms with E-state index in [1.165, 1.54) is 40.7 Å². The Morgan fingerprint density at radius 2 is 1.85 bits per heavy atom. The average Bonchev–Trinajstić information content (AvgIpc) is 2.43. The lowest BCUT2D eigenvalue weighted by atomic mass is 9.85. The molecule has 0 unspecified atom stereocenters. The first-order valence-electron chi connectivity index (χ1n) is 7.64. The summed E-state index contributed by atoms with van der Waals surface area (Å²) in [6.45, 7) is 6.79. The van der Waals surface area contributed by atoms with Crippen LogP contribution in [0.4, 0.5) is 5.69 Å². The number of nitrogens with zero attached hydrogens (tertiary/aromatic N) is 1. The summed E-state index contributed by atoms with van der Waals surface area (Å²) >= 11 is 0. The van der Waals surface area contributed by atoms with Crippen molar-refractivity contribution in [1.82, 2.24) is 4.98 Å². The third-order valence-corrected chi connectivity index (χ3v) is 4.38. The van der Waals surface area contributed by atoms with Gasteiger partial charge in [0.15, 0.2) is 0 Å². The Balaban J connectivity index is 2.28. The lowest BCUT2D eigenvalue weighted by Gasteiger charge is -2.23. The van der Waals surface area contributed by atoms with Gasteiger partial charge in [-0.3, -0.25) is 4.98 Å². The molecule has 1 heterocycles. The van der Waals surface area contributed by atoms with Gasteiger partial charge >= 0.3 is 0 Å². The molecule has 0 fully saturated rings. The van der Waals surface area contributed by atoms with Crippen LogP contribution in [-0.2, 0) is 18.3 Å². The normalized spacial score (nSPS) is 15.2.